The van der Waals surface area contributed by atoms with Gasteiger partial charge in [0.05, 0.1) is 12.6 Å². The van der Waals surface area contributed by atoms with Gasteiger partial charge in [0.25, 0.3) is 0 Å². The van der Waals surface area contributed by atoms with Crippen LogP contribution in [-0.2, 0) is 9.53 Å². The lowest BCUT2D eigenvalue weighted by molar-refractivity contribution is -0.125. The number of amides is 3. The van der Waals surface area contributed by atoms with Crippen LogP contribution in [0.4, 0.5) is 4.79 Å². The summed E-state index contributed by atoms with van der Waals surface area (Å²) in [4.78, 5) is 25.6. The zero-order valence-electron chi connectivity index (χ0n) is 13.3. The summed E-state index contributed by atoms with van der Waals surface area (Å²) in [6, 6.07) is -0.410. The van der Waals surface area contributed by atoms with Crippen molar-refractivity contribution in [2.45, 2.75) is 38.8 Å². The Morgan fingerprint density at radius 3 is 2.81 bits per heavy atom. The van der Waals surface area contributed by atoms with Crippen LogP contribution < -0.4 is 16.0 Å². The number of carbonyl (C=O) groups is 2. The van der Waals surface area contributed by atoms with Gasteiger partial charge in [0.2, 0.25) is 5.91 Å². The average Bonchev–Trinajstić information content (AvgIpc) is 2.95. The van der Waals surface area contributed by atoms with E-state index in [4.69, 9.17) is 4.74 Å². The quantitative estimate of drug-likeness (QED) is 0.584. The van der Waals surface area contributed by atoms with E-state index in [-0.39, 0.29) is 11.9 Å². The third-order valence-corrected chi connectivity index (χ3v) is 3.70. The van der Waals surface area contributed by atoms with Crippen molar-refractivity contribution in [1.29, 1.82) is 0 Å². The Labute approximate surface area is 126 Å². The van der Waals surface area contributed by atoms with Gasteiger partial charge in [-0.3, -0.25) is 15.0 Å². The van der Waals surface area contributed by atoms with Crippen molar-refractivity contribution < 1.29 is 14.3 Å². The van der Waals surface area contributed by atoms with Gasteiger partial charge in [0.1, 0.15) is 0 Å². The molecule has 7 nitrogen and oxygen atoms in total. The molecular weight excluding hydrogens is 272 g/mol. The van der Waals surface area contributed by atoms with Gasteiger partial charge in [-0.25, -0.2) is 4.79 Å². The van der Waals surface area contributed by atoms with E-state index in [2.05, 4.69) is 20.9 Å². The Morgan fingerprint density at radius 1 is 1.48 bits per heavy atom. The molecule has 1 fully saturated rings. The molecular formula is C14H28N4O3. The van der Waals surface area contributed by atoms with Gasteiger partial charge >= 0.3 is 6.03 Å². The van der Waals surface area contributed by atoms with Crippen LogP contribution in [0.1, 0.15) is 26.7 Å². The lowest BCUT2D eigenvalue weighted by atomic mass is 10.1. The molecule has 1 aliphatic rings. The Kier molecular flexibility index (Phi) is 8.26. The third kappa shape index (κ3) is 6.41. The number of nitrogens with zero attached hydrogens (tertiary/aromatic N) is 1. The summed E-state index contributed by atoms with van der Waals surface area (Å²) < 4.78 is 5.11. The van der Waals surface area contributed by atoms with E-state index >= 15 is 0 Å². The Bertz CT molecular complexity index is 332. The number of hydrogen-bond donors (Lipinski definition) is 3. The normalized spacial score (nSPS) is 19.5. The summed E-state index contributed by atoms with van der Waals surface area (Å²) in [6.07, 6.45) is 2.29. The molecule has 3 amide bonds. The highest BCUT2D eigenvalue weighted by atomic mass is 16.5. The van der Waals surface area contributed by atoms with Crippen molar-refractivity contribution >= 4 is 11.9 Å². The Balaban J connectivity index is 2.53. The van der Waals surface area contributed by atoms with E-state index in [1.165, 1.54) is 6.42 Å². The lowest BCUT2D eigenvalue weighted by Crippen LogP contribution is -2.52. The first-order chi connectivity index (χ1) is 10.1. The first-order valence-electron chi connectivity index (χ1n) is 7.63. The van der Waals surface area contributed by atoms with Crippen molar-refractivity contribution in [2.24, 2.45) is 0 Å². The van der Waals surface area contributed by atoms with E-state index in [0.29, 0.717) is 25.7 Å². The van der Waals surface area contributed by atoms with Crippen LogP contribution in [-0.4, -0.2) is 68.8 Å². The molecule has 1 heterocycles. The van der Waals surface area contributed by atoms with Crippen LogP contribution in [0.2, 0.25) is 0 Å². The van der Waals surface area contributed by atoms with Crippen molar-refractivity contribution in [2.75, 3.05) is 39.9 Å². The molecule has 21 heavy (non-hydrogen) atoms. The van der Waals surface area contributed by atoms with Crippen molar-refractivity contribution in [3.05, 3.63) is 0 Å². The van der Waals surface area contributed by atoms with Crippen LogP contribution in [0, 0.1) is 0 Å². The third-order valence-electron chi connectivity index (χ3n) is 3.70. The highest BCUT2D eigenvalue weighted by Gasteiger charge is 2.26. The van der Waals surface area contributed by atoms with Crippen LogP contribution in [0.3, 0.4) is 0 Å². The fourth-order valence-corrected chi connectivity index (χ4v) is 2.43. The number of nitrogens with one attached hydrogen (secondary N) is 3. The van der Waals surface area contributed by atoms with E-state index < -0.39 is 6.03 Å². The second-order valence-corrected chi connectivity index (χ2v) is 5.31. The van der Waals surface area contributed by atoms with Crippen molar-refractivity contribution in [1.82, 2.24) is 20.9 Å². The number of methoxy groups -OCH3 is 1. The summed E-state index contributed by atoms with van der Waals surface area (Å²) in [5.41, 5.74) is 0. The van der Waals surface area contributed by atoms with Crippen LogP contribution >= 0.6 is 0 Å². The molecule has 0 radical (unpaired) electrons. The van der Waals surface area contributed by atoms with Gasteiger partial charge in [-0.1, -0.05) is 0 Å². The highest BCUT2D eigenvalue weighted by molar-refractivity contribution is 5.96. The summed E-state index contributed by atoms with van der Waals surface area (Å²) in [6.45, 7) is 7.16. The molecule has 0 aliphatic carbocycles. The largest absolute Gasteiger partial charge is 0.383 e. The second-order valence-electron chi connectivity index (χ2n) is 5.31. The van der Waals surface area contributed by atoms with Crippen molar-refractivity contribution in [3.8, 4) is 0 Å². The molecule has 3 N–H and O–H groups in total. The minimum atomic E-state index is -0.444. The zero-order chi connectivity index (χ0) is 15.7. The molecule has 0 bridgehead atoms. The summed E-state index contributed by atoms with van der Waals surface area (Å²) >= 11 is 0. The number of rotatable bonds is 8. The fraction of sp³-hybridized carbons (Fsp3) is 0.857. The van der Waals surface area contributed by atoms with Crippen LogP contribution in [0.25, 0.3) is 0 Å². The fourth-order valence-electron chi connectivity index (χ4n) is 2.43. The first-order valence-corrected chi connectivity index (χ1v) is 7.63. The smallest absolute Gasteiger partial charge is 0.321 e. The molecule has 0 aromatic rings. The summed E-state index contributed by atoms with van der Waals surface area (Å²) in [5.74, 6) is -0.282. The lowest BCUT2D eigenvalue weighted by Gasteiger charge is -2.30. The highest BCUT2D eigenvalue weighted by Crippen LogP contribution is 2.09. The predicted molar refractivity (Wildman–Crippen MR) is 81.2 cm³/mol. The van der Waals surface area contributed by atoms with Gasteiger partial charge in [-0.05, 0) is 33.2 Å². The Hall–Kier alpha value is -1.18. The van der Waals surface area contributed by atoms with Crippen LogP contribution in [0.15, 0.2) is 0 Å². The predicted octanol–water partition coefficient (Wildman–Crippen LogP) is -0.0790. The van der Waals surface area contributed by atoms with Crippen molar-refractivity contribution in [3.63, 3.8) is 0 Å². The van der Waals surface area contributed by atoms with Gasteiger partial charge in [0.15, 0.2) is 0 Å². The molecule has 0 saturated carbocycles. The van der Waals surface area contributed by atoms with E-state index in [9.17, 15) is 9.59 Å². The van der Waals surface area contributed by atoms with E-state index in [1.807, 2.05) is 13.8 Å². The topological polar surface area (TPSA) is 82.7 Å². The van der Waals surface area contributed by atoms with Gasteiger partial charge in [-0.15, -0.1) is 0 Å². The number of urea groups is 1. The van der Waals surface area contributed by atoms with E-state index in [0.717, 1.165) is 19.5 Å². The molecule has 1 aliphatic heterocycles. The van der Waals surface area contributed by atoms with Crippen LogP contribution in [0.5, 0.6) is 0 Å². The molecule has 2 atom stereocenters. The zero-order valence-corrected chi connectivity index (χ0v) is 13.3. The number of carbonyl (C=O) groups excluding carboxylic acids is 2. The summed E-state index contributed by atoms with van der Waals surface area (Å²) in [7, 11) is 1.64. The molecule has 1 rings (SSSR count). The molecule has 0 aromatic heterocycles. The molecule has 1 saturated heterocycles. The Morgan fingerprint density at radius 2 is 2.24 bits per heavy atom. The minimum Gasteiger partial charge on any atom is -0.383 e. The maximum absolute atomic E-state index is 12.1. The number of hydrogen-bond acceptors (Lipinski definition) is 5. The van der Waals surface area contributed by atoms with Gasteiger partial charge < -0.3 is 15.4 Å². The van der Waals surface area contributed by atoms with Gasteiger partial charge in [0, 0.05) is 32.8 Å². The molecule has 122 valence electrons. The molecule has 7 heteroatoms. The first kappa shape index (κ1) is 17.9. The molecule has 2 unspecified atom stereocenters. The number of ether oxygens (including phenoxy) is 1. The summed E-state index contributed by atoms with van der Waals surface area (Å²) in [5, 5.41) is 8.36. The monoisotopic (exact) mass is 300 g/mol. The number of imide groups is 1. The molecule has 0 spiro atoms. The molecule has 0 aromatic carbocycles. The standard InChI is InChI=1S/C14H28N4O3/c1-4-15-14(20)17-13(19)11(2)18(8-9-21-3)10-12-6-5-7-16-12/h11-12,16H,4-10H2,1-3H3,(H2,15,17,19,20). The van der Waals surface area contributed by atoms with E-state index in [1.54, 1.807) is 7.11 Å². The second kappa shape index (κ2) is 9.70. The maximum Gasteiger partial charge on any atom is 0.321 e. The maximum atomic E-state index is 12.1. The SMILES string of the molecule is CCNC(=O)NC(=O)C(C)N(CCOC)CC1CCCN1. The average molecular weight is 300 g/mol. The minimum absolute atomic E-state index is 0.282. The van der Waals surface area contributed by atoms with Gasteiger partial charge in [-0.2, -0.15) is 0 Å².